The maximum absolute atomic E-state index is 13.8. The van der Waals surface area contributed by atoms with Gasteiger partial charge in [-0.15, -0.1) is 0 Å². The van der Waals surface area contributed by atoms with Crippen molar-refractivity contribution in [2.45, 2.75) is 45.2 Å². The number of hydrogen-bond donors (Lipinski definition) is 2. The van der Waals surface area contributed by atoms with Crippen LogP contribution in [-0.4, -0.2) is 37.1 Å². The minimum atomic E-state index is -0.675. The molecule has 10 nitrogen and oxygen atoms in total. The van der Waals surface area contributed by atoms with Crippen molar-refractivity contribution in [2.24, 2.45) is 11.7 Å². The van der Waals surface area contributed by atoms with Gasteiger partial charge in [0.15, 0.2) is 11.3 Å². The number of carbonyl (C=O) groups excluding carboxylic acids is 2. The number of pyridine rings is 1. The number of nitrogens with zero attached hydrogens (tertiary/aromatic N) is 4. The summed E-state index contributed by atoms with van der Waals surface area (Å²) in [5.41, 5.74) is 9.01. The molecule has 0 unspecified atom stereocenters. The van der Waals surface area contributed by atoms with E-state index in [4.69, 9.17) is 21.9 Å². The maximum atomic E-state index is 13.8. The first-order valence-corrected chi connectivity index (χ1v) is 13.5. The third-order valence-electron chi connectivity index (χ3n) is 7.70. The monoisotopic (exact) mass is 558 g/mol. The minimum absolute atomic E-state index is 0.0547. The van der Waals surface area contributed by atoms with Crippen molar-refractivity contribution in [1.29, 1.82) is 0 Å². The van der Waals surface area contributed by atoms with Crippen LogP contribution in [0.5, 0.6) is 0 Å². The number of imidazole rings is 1. The number of amides is 2. The van der Waals surface area contributed by atoms with Gasteiger partial charge in [0, 0.05) is 24.8 Å². The molecule has 40 heavy (non-hydrogen) atoms. The van der Waals surface area contributed by atoms with E-state index in [1.165, 1.54) is 6.20 Å². The first kappa shape index (κ1) is 25.8. The molecule has 5 aromatic rings. The predicted molar refractivity (Wildman–Crippen MR) is 151 cm³/mol. The molecule has 3 heterocycles. The van der Waals surface area contributed by atoms with Gasteiger partial charge in [-0.25, -0.2) is 4.79 Å². The van der Waals surface area contributed by atoms with Gasteiger partial charge >= 0.3 is 5.69 Å². The molecule has 0 radical (unpaired) electrons. The molecule has 1 aliphatic carbocycles. The summed E-state index contributed by atoms with van der Waals surface area (Å²) in [5, 5.41) is 7.82. The fourth-order valence-electron chi connectivity index (χ4n) is 5.63. The fraction of sp³-hybridized carbons (Fsp3) is 0.276. The van der Waals surface area contributed by atoms with Crippen LogP contribution in [0.1, 0.15) is 52.2 Å². The molecule has 2 aromatic carbocycles. The van der Waals surface area contributed by atoms with E-state index < -0.39 is 5.91 Å². The summed E-state index contributed by atoms with van der Waals surface area (Å²) in [6, 6.07) is 14.5. The minimum Gasteiger partial charge on any atom is -0.364 e. The lowest BCUT2D eigenvalue weighted by Gasteiger charge is -2.29. The lowest BCUT2D eigenvalue weighted by atomic mass is 9.85. The molecule has 0 spiro atoms. The van der Waals surface area contributed by atoms with Gasteiger partial charge in [0.25, 0.3) is 11.8 Å². The summed E-state index contributed by atoms with van der Waals surface area (Å²) in [6.07, 6.45) is 4.93. The molecule has 0 saturated heterocycles. The average Bonchev–Trinajstić information content (AvgIpc) is 3.49. The molecule has 0 aliphatic heterocycles. The molecule has 0 bridgehead atoms. The van der Waals surface area contributed by atoms with E-state index in [1.807, 2.05) is 28.8 Å². The van der Waals surface area contributed by atoms with Gasteiger partial charge < -0.3 is 15.6 Å². The normalized spacial score (nSPS) is 17.4. The molecule has 2 amide bonds. The Labute approximate surface area is 233 Å². The summed E-state index contributed by atoms with van der Waals surface area (Å²) in [5.74, 6) is -0.553. The fourth-order valence-corrected chi connectivity index (χ4v) is 5.78. The van der Waals surface area contributed by atoms with Gasteiger partial charge in [0.05, 0.1) is 38.4 Å². The van der Waals surface area contributed by atoms with E-state index >= 15 is 0 Å². The number of aromatic nitrogens is 4. The van der Waals surface area contributed by atoms with E-state index in [1.54, 1.807) is 35.8 Å². The zero-order valence-electron chi connectivity index (χ0n) is 21.8. The molecular formula is C29H27ClN6O4. The van der Waals surface area contributed by atoms with Crippen molar-refractivity contribution in [3.8, 4) is 5.69 Å². The van der Waals surface area contributed by atoms with Crippen LogP contribution in [0.2, 0.25) is 5.02 Å². The lowest BCUT2D eigenvalue weighted by Crippen LogP contribution is -2.39. The molecule has 204 valence electrons. The van der Waals surface area contributed by atoms with Crippen LogP contribution >= 0.6 is 11.6 Å². The van der Waals surface area contributed by atoms with Crippen LogP contribution in [0, 0.1) is 12.8 Å². The molecule has 1 fully saturated rings. The third-order valence-corrected chi connectivity index (χ3v) is 7.91. The number of carbonyl (C=O) groups is 2. The van der Waals surface area contributed by atoms with Crippen LogP contribution < -0.4 is 16.7 Å². The van der Waals surface area contributed by atoms with E-state index in [0.29, 0.717) is 39.5 Å². The Hall–Kier alpha value is -4.44. The van der Waals surface area contributed by atoms with Gasteiger partial charge in [0.2, 0.25) is 0 Å². The standard InChI is InChI=1S/C29H27ClN6O4/c1-16-22(12-18(30)14-32-16)28(38)33-19-8-6-17(7-9-19)15-35-23-4-2-3-5-24(23)36(29(35)39)20-10-11-21-25(13-20)40-34-26(21)27(31)37/h2-5,10-14,17,19H,6-9,15H2,1H3,(H2,31,37)(H,33,38). The van der Waals surface area contributed by atoms with Gasteiger partial charge in [-0.2, -0.15) is 0 Å². The Balaban J connectivity index is 1.21. The van der Waals surface area contributed by atoms with Crippen molar-refractivity contribution in [3.63, 3.8) is 0 Å². The molecule has 1 aliphatic rings. The molecular weight excluding hydrogens is 532 g/mol. The van der Waals surface area contributed by atoms with E-state index in [-0.39, 0.29) is 29.3 Å². The van der Waals surface area contributed by atoms with E-state index in [9.17, 15) is 14.4 Å². The van der Waals surface area contributed by atoms with E-state index in [2.05, 4.69) is 15.5 Å². The van der Waals surface area contributed by atoms with Gasteiger partial charge in [-0.1, -0.05) is 28.9 Å². The van der Waals surface area contributed by atoms with Gasteiger partial charge in [0.1, 0.15) is 0 Å². The van der Waals surface area contributed by atoms with Gasteiger partial charge in [-0.05, 0) is 68.9 Å². The predicted octanol–water partition coefficient (Wildman–Crippen LogP) is 4.38. The molecule has 1 saturated carbocycles. The number of aryl methyl sites for hydroxylation is 1. The number of halogens is 1. The number of benzene rings is 2. The third kappa shape index (κ3) is 4.64. The van der Waals surface area contributed by atoms with Crippen molar-refractivity contribution < 1.29 is 14.1 Å². The highest BCUT2D eigenvalue weighted by atomic mass is 35.5. The average molecular weight is 559 g/mol. The first-order chi connectivity index (χ1) is 19.3. The second-order valence-electron chi connectivity index (χ2n) is 10.3. The summed E-state index contributed by atoms with van der Waals surface area (Å²) >= 11 is 6.04. The summed E-state index contributed by atoms with van der Waals surface area (Å²) in [6.45, 7) is 2.36. The summed E-state index contributed by atoms with van der Waals surface area (Å²) in [4.78, 5) is 42.4. The van der Waals surface area contributed by atoms with Crippen LogP contribution in [0.4, 0.5) is 0 Å². The highest BCUT2D eigenvalue weighted by molar-refractivity contribution is 6.30. The van der Waals surface area contributed by atoms with Crippen molar-refractivity contribution in [3.05, 3.63) is 87.2 Å². The Morgan fingerprint density at radius 1 is 1.10 bits per heavy atom. The molecule has 3 N–H and O–H groups in total. The van der Waals surface area contributed by atoms with E-state index in [0.717, 1.165) is 36.7 Å². The number of fused-ring (bicyclic) bond motifs is 2. The Morgan fingerprint density at radius 3 is 2.60 bits per heavy atom. The highest BCUT2D eigenvalue weighted by Gasteiger charge is 2.26. The summed E-state index contributed by atoms with van der Waals surface area (Å²) < 4.78 is 8.78. The zero-order valence-corrected chi connectivity index (χ0v) is 22.5. The first-order valence-electron chi connectivity index (χ1n) is 13.1. The van der Waals surface area contributed by atoms with Gasteiger partial charge in [-0.3, -0.25) is 23.7 Å². The maximum Gasteiger partial charge on any atom is 0.333 e. The lowest BCUT2D eigenvalue weighted by molar-refractivity contribution is 0.0918. The molecule has 0 atom stereocenters. The SMILES string of the molecule is Cc1ncc(Cl)cc1C(=O)NC1CCC(Cn2c(=O)n(-c3ccc4c(C(N)=O)noc4c3)c3ccccc32)CC1. The molecule has 3 aromatic heterocycles. The topological polar surface area (TPSA) is 138 Å². The smallest absolute Gasteiger partial charge is 0.333 e. The van der Waals surface area contributed by atoms with Crippen LogP contribution in [0.3, 0.4) is 0 Å². The van der Waals surface area contributed by atoms with Crippen molar-refractivity contribution >= 4 is 45.4 Å². The quantitative estimate of drug-likeness (QED) is 0.317. The van der Waals surface area contributed by atoms with Crippen LogP contribution in [0.25, 0.3) is 27.7 Å². The number of primary amides is 1. The number of nitrogens with one attached hydrogen (secondary N) is 1. The zero-order chi connectivity index (χ0) is 28.0. The molecule has 6 rings (SSSR count). The Kier molecular flexibility index (Phi) is 6.63. The van der Waals surface area contributed by atoms with Crippen LogP contribution in [0.15, 0.2) is 64.0 Å². The van der Waals surface area contributed by atoms with Crippen LogP contribution in [-0.2, 0) is 6.54 Å². The second kappa shape index (κ2) is 10.3. The highest BCUT2D eigenvalue weighted by Crippen LogP contribution is 2.29. The number of nitrogens with two attached hydrogens (primary N) is 1. The number of rotatable bonds is 6. The largest absolute Gasteiger partial charge is 0.364 e. The molecule has 11 heteroatoms. The summed E-state index contributed by atoms with van der Waals surface area (Å²) in [7, 11) is 0. The number of para-hydroxylation sites is 2. The number of hydrogen-bond acceptors (Lipinski definition) is 6. The Morgan fingerprint density at radius 2 is 1.85 bits per heavy atom. The van der Waals surface area contributed by atoms with Crippen molar-refractivity contribution in [2.75, 3.05) is 0 Å². The Bertz CT molecular complexity index is 1830. The van der Waals surface area contributed by atoms with Crippen molar-refractivity contribution in [1.82, 2.24) is 24.6 Å². The second-order valence-corrected chi connectivity index (χ2v) is 10.7.